The molecule has 0 saturated carbocycles. The molecule has 2 aliphatic carbocycles. The van der Waals surface area contributed by atoms with Crippen molar-refractivity contribution < 1.29 is 0 Å². The molecule has 3 heteroatoms. The number of hydrogen-bond donors (Lipinski definition) is 0. The number of aliphatic imine (C=N–C) groups is 3. The van der Waals surface area contributed by atoms with Crippen molar-refractivity contribution in [1.29, 1.82) is 0 Å². The Morgan fingerprint density at radius 1 is 0.561 bits per heavy atom. The molecule has 0 aliphatic heterocycles. The molecule has 0 radical (unpaired) electrons. The molecule has 284 valence electrons. The average molecular weight is 744 g/mol. The lowest BCUT2D eigenvalue weighted by molar-refractivity contribution is 0.985. The molecule has 57 heavy (non-hydrogen) atoms. The summed E-state index contributed by atoms with van der Waals surface area (Å²) in [5.41, 5.74) is 18.7. The molecule has 3 nitrogen and oxygen atoms in total. The minimum atomic E-state index is 0.751. The van der Waals surface area contributed by atoms with Crippen LogP contribution in [0.4, 0.5) is 0 Å². The minimum absolute atomic E-state index is 0.751. The first-order valence-electron chi connectivity index (χ1n) is 20.1. The fourth-order valence-corrected chi connectivity index (χ4v) is 7.23. The van der Waals surface area contributed by atoms with E-state index < -0.39 is 0 Å². The molecule has 6 aromatic carbocycles. The van der Waals surface area contributed by atoms with Crippen LogP contribution in [0.1, 0.15) is 76.8 Å². The van der Waals surface area contributed by atoms with E-state index in [1.807, 2.05) is 45.5 Å². The van der Waals surface area contributed by atoms with Crippen molar-refractivity contribution >= 4 is 36.5 Å². The summed E-state index contributed by atoms with van der Waals surface area (Å²) < 4.78 is 0. The number of amidine groups is 1. The van der Waals surface area contributed by atoms with Gasteiger partial charge in [-0.2, -0.15) is 0 Å². The lowest BCUT2D eigenvalue weighted by atomic mass is 9.81. The molecule has 0 atom stereocenters. The molecule has 6 aromatic rings. The second kappa shape index (κ2) is 19.9. The van der Waals surface area contributed by atoms with E-state index in [1.165, 1.54) is 66.8 Å². The maximum Gasteiger partial charge on any atom is 0.154 e. The van der Waals surface area contributed by atoms with Crippen molar-refractivity contribution in [2.45, 2.75) is 47.0 Å². The Bertz CT molecular complexity index is 2460. The van der Waals surface area contributed by atoms with Gasteiger partial charge in [0.25, 0.3) is 0 Å². The quantitative estimate of drug-likeness (QED) is 0.120. The molecular formula is C54H53N3. The van der Waals surface area contributed by atoms with E-state index in [0.29, 0.717) is 0 Å². The van der Waals surface area contributed by atoms with E-state index in [-0.39, 0.29) is 0 Å². The standard InChI is InChI=1S/C35H29N.C17H18N2.C2H6/c1-36-24-25-20-29(26-12-4-2-5-13-26)23-30(21-25)31-16-10-11-19-34(31)35-32-17-7-3-6-14-27(32)22-28-15-8-9-18-33(28)35;1-13-4-8-15(9-5-13)12-19-17(18-3)16-10-6-14(2)7-11-16;1-2/h2,4-7,9-14,16-24H,3,8,15H2,1H3;4-12H,1-3H3;1-2H3. The van der Waals surface area contributed by atoms with E-state index in [9.17, 15) is 0 Å². The highest BCUT2D eigenvalue weighted by molar-refractivity contribution is 6.05. The van der Waals surface area contributed by atoms with Gasteiger partial charge in [0.05, 0.1) is 0 Å². The number of allylic oxidation sites excluding steroid dienone is 3. The van der Waals surface area contributed by atoms with Crippen LogP contribution < -0.4 is 0 Å². The first-order chi connectivity index (χ1) is 28.0. The molecule has 0 amide bonds. The second-order valence-corrected chi connectivity index (χ2v) is 14.0. The molecule has 0 unspecified atom stereocenters. The number of aryl methyl sites for hydroxylation is 3. The van der Waals surface area contributed by atoms with Crippen molar-refractivity contribution in [2.75, 3.05) is 14.1 Å². The topological polar surface area (TPSA) is 37.1 Å². The molecule has 0 spiro atoms. The highest BCUT2D eigenvalue weighted by atomic mass is 14.9. The normalized spacial score (nSPS) is 13.0. The van der Waals surface area contributed by atoms with Crippen molar-refractivity contribution in [1.82, 2.24) is 0 Å². The third kappa shape index (κ3) is 10.1. The van der Waals surface area contributed by atoms with Crippen LogP contribution in [0.3, 0.4) is 0 Å². The Labute approximate surface area is 340 Å². The summed E-state index contributed by atoms with van der Waals surface area (Å²) in [5.74, 6) is 0.751. The third-order valence-electron chi connectivity index (χ3n) is 10.0. The van der Waals surface area contributed by atoms with Crippen LogP contribution in [0, 0.1) is 13.8 Å². The fourth-order valence-electron chi connectivity index (χ4n) is 7.23. The minimum Gasteiger partial charge on any atom is -0.296 e. The summed E-state index contributed by atoms with van der Waals surface area (Å²) in [5, 5.41) is 0. The molecule has 2 aliphatic rings. The zero-order valence-corrected chi connectivity index (χ0v) is 34.2. The summed E-state index contributed by atoms with van der Waals surface area (Å²) in [4.78, 5) is 13.0. The third-order valence-corrected chi connectivity index (χ3v) is 10.0. The van der Waals surface area contributed by atoms with Crippen LogP contribution in [-0.4, -0.2) is 32.4 Å². The van der Waals surface area contributed by atoms with Gasteiger partial charge in [-0.15, -0.1) is 0 Å². The number of fused-ring (bicyclic) bond motifs is 2. The summed E-state index contributed by atoms with van der Waals surface area (Å²) in [6, 6.07) is 45.2. The van der Waals surface area contributed by atoms with Gasteiger partial charge in [0, 0.05) is 32.1 Å². The summed E-state index contributed by atoms with van der Waals surface area (Å²) >= 11 is 0. The molecular weight excluding hydrogens is 691 g/mol. The van der Waals surface area contributed by atoms with Gasteiger partial charge in [-0.1, -0.05) is 171 Å². The van der Waals surface area contributed by atoms with Gasteiger partial charge < -0.3 is 0 Å². The van der Waals surface area contributed by atoms with Crippen molar-refractivity contribution in [3.05, 3.63) is 196 Å². The first-order valence-corrected chi connectivity index (χ1v) is 20.1. The van der Waals surface area contributed by atoms with E-state index in [0.717, 1.165) is 41.8 Å². The second-order valence-electron chi connectivity index (χ2n) is 14.0. The Morgan fingerprint density at radius 3 is 1.93 bits per heavy atom. The van der Waals surface area contributed by atoms with Crippen LogP contribution in [0.15, 0.2) is 161 Å². The molecule has 0 N–H and O–H groups in total. The van der Waals surface area contributed by atoms with Crippen LogP contribution in [0.5, 0.6) is 0 Å². The Kier molecular flexibility index (Phi) is 14.1. The van der Waals surface area contributed by atoms with Crippen LogP contribution in [0.25, 0.3) is 51.6 Å². The van der Waals surface area contributed by atoms with Crippen LogP contribution in [-0.2, 0) is 6.42 Å². The number of rotatable bonds is 6. The van der Waals surface area contributed by atoms with Crippen LogP contribution in [0.2, 0.25) is 0 Å². The molecule has 0 aromatic heterocycles. The first kappa shape index (κ1) is 40.2. The molecule has 8 rings (SSSR count). The fraction of sp³-hybridized carbons (Fsp3) is 0.167. The largest absolute Gasteiger partial charge is 0.296 e. The Morgan fingerprint density at radius 2 is 1.21 bits per heavy atom. The number of nitrogens with zero attached hydrogens (tertiary/aromatic N) is 3. The lowest BCUT2D eigenvalue weighted by Crippen LogP contribution is -2.02. The van der Waals surface area contributed by atoms with E-state index in [2.05, 4.69) is 181 Å². The van der Waals surface area contributed by atoms with Gasteiger partial charge >= 0.3 is 0 Å². The van der Waals surface area contributed by atoms with Gasteiger partial charge in [-0.3, -0.25) is 9.98 Å². The van der Waals surface area contributed by atoms with Gasteiger partial charge in [0.1, 0.15) is 0 Å². The summed E-state index contributed by atoms with van der Waals surface area (Å²) in [6.45, 7) is 8.15. The smallest absolute Gasteiger partial charge is 0.154 e. The van der Waals surface area contributed by atoms with Crippen molar-refractivity contribution in [2.24, 2.45) is 15.0 Å². The van der Waals surface area contributed by atoms with E-state index in [1.54, 1.807) is 7.05 Å². The molecule has 0 bridgehead atoms. The van der Waals surface area contributed by atoms with Gasteiger partial charge in [0.15, 0.2) is 5.84 Å². The van der Waals surface area contributed by atoms with E-state index >= 15 is 0 Å². The number of hydrogen-bond acceptors (Lipinski definition) is 2. The summed E-state index contributed by atoms with van der Waals surface area (Å²) in [6.07, 6.45) is 20.8. The van der Waals surface area contributed by atoms with Gasteiger partial charge in [-0.25, -0.2) is 4.99 Å². The SMILES string of the molecule is CC.CN=C(N=Cc1ccc(C)cc1)c1ccc(C)cc1.CN=Cc1cc(-c2ccccc2)cc(-c2ccccc2-c2c3c(cc4c2C=CCC4)C=CCC=C3)c1. The maximum atomic E-state index is 4.47. The Hall–Kier alpha value is -6.45. The molecule has 0 saturated heterocycles. The molecule has 0 fully saturated rings. The van der Waals surface area contributed by atoms with Crippen molar-refractivity contribution in [3.8, 4) is 33.4 Å². The van der Waals surface area contributed by atoms with Gasteiger partial charge in [0.2, 0.25) is 0 Å². The Balaban J connectivity index is 0.000000221. The molecule has 0 heterocycles. The average Bonchev–Trinajstić information content (AvgIpc) is 3.51. The maximum absolute atomic E-state index is 4.47. The monoisotopic (exact) mass is 743 g/mol. The van der Waals surface area contributed by atoms with E-state index in [4.69, 9.17) is 0 Å². The predicted octanol–water partition coefficient (Wildman–Crippen LogP) is 14.0. The highest BCUT2D eigenvalue weighted by Crippen LogP contribution is 2.43. The lowest BCUT2D eigenvalue weighted by Gasteiger charge is -2.22. The highest BCUT2D eigenvalue weighted by Gasteiger charge is 2.21. The predicted molar refractivity (Wildman–Crippen MR) is 250 cm³/mol. The van der Waals surface area contributed by atoms with Gasteiger partial charge in [-0.05, 0) is 118 Å². The van der Waals surface area contributed by atoms with Crippen LogP contribution >= 0.6 is 0 Å². The number of benzene rings is 6. The zero-order valence-electron chi connectivity index (χ0n) is 34.2. The summed E-state index contributed by atoms with van der Waals surface area (Å²) in [7, 11) is 3.60. The van der Waals surface area contributed by atoms with Crippen molar-refractivity contribution in [3.63, 3.8) is 0 Å². The zero-order chi connectivity index (χ0) is 40.0.